The quantitative estimate of drug-likeness (QED) is 0.148. The molecule has 6 nitrogen and oxygen atoms in total. The second-order valence-electron chi connectivity index (χ2n) is 20.8. The van der Waals surface area contributed by atoms with Crippen LogP contribution >= 0.6 is 7.14 Å². The lowest BCUT2D eigenvalue weighted by Crippen LogP contribution is -2.44. The zero-order valence-electron chi connectivity index (χ0n) is 40.8. The van der Waals surface area contributed by atoms with E-state index in [9.17, 15) is 0 Å². The van der Waals surface area contributed by atoms with Crippen LogP contribution in [0, 0.1) is 0 Å². The number of hydrogen-bond acceptors (Lipinski definition) is 6. The fourth-order valence-electron chi connectivity index (χ4n) is 13.0. The molecule has 3 heterocycles. The number of rotatable bonds is 7. The van der Waals surface area contributed by atoms with E-state index in [0.29, 0.717) is 28.3 Å². The highest BCUT2D eigenvalue weighted by Crippen LogP contribution is 2.71. The van der Waals surface area contributed by atoms with Crippen molar-refractivity contribution in [2.75, 3.05) is 14.7 Å². The first-order chi connectivity index (χ1) is 35.6. The van der Waals surface area contributed by atoms with E-state index >= 15 is 4.57 Å². The molecule has 2 aliphatic carbocycles. The molecule has 7 heteroatoms. The molecule has 0 bridgehead atoms. The molecule has 0 atom stereocenters. The molecule has 0 N–H and O–H groups in total. The number of hydrogen-bond donors (Lipinski definition) is 0. The molecule has 0 saturated heterocycles. The minimum Gasteiger partial charge on any atom is -0.455 e. The lowest BCUT2D eigenvalue weighted by atomic mass is 9.79. The van der Waals surface area contributed by atoms with E-state index < -0.39 is 18.0 Å². The predicted octanol–water partition coefficient (Wildman–Crippen LogP) is 16.9. The molecule has 0 fully saturated rings. The Morgan fingerprint density at radius 3 is 1.12 bits per heavy atom. The average Bonchev–Trinajstić information content (AvgIpc) is 3.81. The molecular formula is C66H48N3O3P. The van der Waals surface area contributed by atoms with Gasteiger partial charge in [-0.2, -0.15) is 0 Å². The Balaban J connectivity index is 1.00. The van der Waals surface area contributed by atoms with Crippen molar-refractivity contribution in [3.05, 3.63) is 241 Å². The van der Waals surface area contributed by atoms with E-state index in [-0.39, 0.29) is 0 Å². The topological polar surface area (TPSA) is 45.3 Å². The first-order valence-electron chi connectivity index (χ1n) is 25.1. The van der Waals surface area contributed by atoms with E-state index in [1.54, 1.807) is 0 Å². The summed E-state index contributed by atoms with van der Waals surface area (Å²) in [5, 5.41) is 2.11. The molecule has 10 aromatic rings. The molecule has 3 aliphatic heterocycles. The van der Waals surface area contributed by atoms with Crippen LogP contribution < -0.4 is 40.1 Å². The summed E-state index contributed by atoms with van der Waals surface area (Å²) in [4.78, 5) is 7.11. The van der Waals surface area contributed by atoms with Gasteiger partial charge in [0.15, 0.2) is 7.14 Å². The summed E-state index contributed by atoms with van der Waals surface area (Å²) in [6.07, 6.45) is 0. The summed E-state index contributed by atoms with van der Waals surface area (Å²) in [5.41, 5.74) is 17.2. The van der Waals surface area contributed by atoms with Gasteiger partial charge >= 0.3 is 0 Å². The van der Waals surface area contributed by atoms with Gasteiger partial charge in [-0.05, 0) is 154 Å². The normalized spacial score (nSPS) is 15.4. The van der Waals surface area contributed by atoms with Crippen molar-refractivity contribution < 1.29 is 14.0 Å². The van der Waals surface area contributed by atoms with Crippen molar-refractivity contribution in [1.82, 2.24) is 0 Å². The number of ether oxygens (including phenoxy) is 2. The van der Waals surface area contributed by atoms with Crippen molar-refractivity contribution in [3.8, 4) is 45.3 Å². The van der Waals surface area contributed by atoms with Crippen molar-refractivity contribution in [1.29, 1.82) is 0 Å². The number of anilines is 9. The first-order valence-corrected chi connectivity index (χ1v) is 26.8. The third-order valence-electron chi connectivity index (χ3n) is 16.0. The Bertz CT molecular complexity index is 3700. The molecule has 0 spiro atoms. The fourth-order valence-corrected chi connectivity index (χ4v) is 16.4. The maximum Gasteiger partial charge on any atom is 0.189 e. The van der Waals surface area contributed by atoms with Crippen molar-refractivity contribution >= 4 is 74.2 Å². The van der Waals surface area contributed by atoms with Gasteiger partial charge in [0.25, 0.3) is 0 Å². The minimum atomic E-state index is -3.73. The molecule has 0 radical (unpaired) electrons. The van der Waals surface area contributed by atoms with Crippen LogP contribution in [-0.2, 0) is 15.4 Å². The summed E-state index contributed by atoms with van der Waals surface area (Å²) in [5.74, 6) is 2.40. The Hall–Kier alpha value is -8.57. The van der Waals surface area contributed by atoms with Crippen LogP contribution in [0.25, 0.3) is 22.3 Å². The highest BCUT2D eigenvalue weighted by molar-refractivity contribution is 7.87. The lowest BCUT2D eigenvalue weighted by molar-refractivity contribution is 0.461. The number of para-hydroxylation sites is 5. The molecule has 73 heavy (non-hydrogen) atoms. The zero-order chi connectivity index (χ0) is 49.0. The molecule has 0 unspecified atom stereocenters. The second-order valence-corrected chi connectivity index (χ2v) is 23.4. The van der Waals surface area contributed by atoms with Crippen molar-refractivity contribution in [2.45, 2.75) is 38.5 Å². The molecule has 5 aliphatic rings. The standard InChI is InChI=1S/C66H48N3O3P/c1-65(2)52-37-46(67(41-21-10-5-11-22-41)42-23-12-6-13-24-42)33-35-48(52)50-39-56-63-60(58(50)65)69(45-29-18-9-19-30-45)61-59-51(40-57-64(61)73(63,70)62-54(71-56)31-20-32-55(62)72-57)49-36-34-47(38-53(49)66(59,3)4)68(43-25-14-7-15-26-43)44-27-16-8-17-28-44/h5-40H,1-4H3. The summed E-state index contributed by atoms with van der Waals surface area (Å²) in [7, 11) is -3.73. The summed E-state index contributed by atoms with van der Waals surface area (Å²) < 4.78 is 31.8. The Morgan fingerprint density at radius 2 is 0.740 bits per heavy atom. The largest absolute Gasteiger partial charge is 0.455 e. The third-order valence-corrected chi connectivity index (χ3v) is 19.2. The van der Waals surface area contributed by atoms with Gasteiger partial charge in [0, 0.05) is 50.6 Å². The molecule has 350 valence electrons. The van der Waals surface area contributed by atoms with Crippen LogP contribution in [0.15, 0.2) is 218 Å². The van der Waals surface area contributed by atoms with Crippen LogP contribution in [0.2, 0.25) is 0 Å². The molecular weight excluding hydrogens is 914 g/mol. The van der Waals surface area contributed by atoms with E-state index in [2.05, 4.69) is 243 Å². The summed E-state index contributed by atoms with van der Waals surface area (Å²) in [6.45, 7) is 9.37. The maximum atomic E-state index is 17.7. The van der Waals surface area contributed by atoms with E-state index in [1.807, 2.05) is 18.2 Å². The minimum absolute atomic E-state index is 0.563. The monoisotopic (exact) mass is 961 g/mol. The first kappa shape index (κ1) is 42.1. The van der Waals surface area contributed by atoms with Gasteiger partial charge < -0.3 is 28.7 Å². The zero-order valence-corrected chi connectivity index (χ0v) is 41.7. The van der Waals surface area contributed by atoms with Crippen LogP contribution in [-0.4, -0.2) is 0 Å². The number of fused-ring (bicyclic) bond motifs is 8. The van der Waals surface area contributed by atoms with Gasteiger partial charge in [-0.25, -0.2) is 0 Å². The maximum absolute atomic E-state index is 17.7. The number of benzene rings is 10. The van der Waals surface area contributed by atoms with Gasteiger partial charge in [-0.3, -0.25) is 0 Å². The molecule has 0 saturated carbocycles. The van der Waals surface area contributed by atoms with E-state index in [4.69, 9.17) is 9.47 Å². The predicted molar refractivity (Wildman–Crippen MR) is 299 cm³/mol. The van der Waals surface area contributed by atoms with Crippen LogP contribution in [0.4, 0.5) is 51.2 Å². The molecule has 0 amide bonds. The Kier molecular flexibility index (Phi) is 8.65. The van der Waals surface area contributed by atoms with E-state index in [1.165, 1.54) is 11.1 Å². The van der Waals surface area contributed by atoms with Crippen LogP contribution in [0.1, 0.15) is 49.9 Å². The highest BCUT2D eigenvalue weighted by Gasteiger charge is 2.58. The van der Waals surface area contributed by atoms with E-state index in [0.717, 1.165) is 95.2 Å². The van der Waals surface area contributed by atoms with Crippen molar-refractivity contribution in [2.24, 2.45) is 0 Å². The Labute approximate surface area is 425 Å². The smallest absolute Gasteiger partial charge is 0.189 e. The molecule has 10 aromatic carbocycles. The average molecular weight is 962 g/mol. The van der Waals surface area contributed by atoms with Gasteiger partial charge in [0.05, 0.1) is 22.0 Å². The highest BCUT2D eigenvalue weighted by atomic mass is 31.2. The molecule has 0 aromatic heterocycles. The summed E-state index contributed by atoms with van der Waals surface area (Å²) in [6, 6.07) is 77.0. The summed E-state index contributed by atoms with van der Waals surface area (Å²) >= 11 is 0. The van der Waals surface area contributed by atoms with Gasteiger partial charge in [-0.15, -0.1) is 0 Å². The Morgan fingerprint density at radius 1 is 0.370 bits per heavy atom. The van der Waals surface area contributed by atoms with Gasteiger partial charge in [0.1, 0.15) is 28.3 Å². The van der Waals surface area contributed by atoms with Gasteiger partial charge in [0.2, 0.25) is 0 Å². The third kappa shape index (κ3) is 5.67. The SMILES string of the molecule is CC1(C)c2cc(N(c3ccccc3)c3ccccc3)ccc2-c2cc3c4c(c21)N(c1ccccc1)c1c2c(cc5c1P4(=O)c1c(cccc1O5)O3)-c1ccc(N(c3ccccc3)c3ccccc3)cc1C2(C)C. The van der Waals surface area contributed by atoms with Crippen LogP contribution in [0.5, 0.6) is 23.0 Å². The van der Waals surface area contributed by atoms with Gasteiger partial charge in [-0.1, -0.05) is 137 Å². The van der Waals surface area contributed by atoms with Crippen LogP contribution in [0.3, 0.4) is 0 Å². The number of nitrogens with zero attached hydrogens (tertiary/aromatic N) is 3. The molecule has 15 rings (SSSR count). The lowest BCUT2D eigenvalue weighted by Gasteiger charge is -2.47. The van der Waals surface area contributed by atoms with Crippen molar-refractivity contribution in [3.63, 3.8) is 0 Å². The second kappa shape index (κ2) is 15.0. The fraction of sp³-hybridized carbons (Fsp3) is 0.0909.